The first kappa shape index (κ1) is 19.3. The summed E-state index contributed by atoms with van der Waals surface area (Å²) in [4.78, 5) is 26.2. The van der Waals surface area contributed by atoms with Crippen LogP contribution in [0.25, 0.3) is 0 Å². The summed E-state index contributed by atoms with van der Waals surface area (Å²) in [6, 6.07) is 8.99. The fraction of sp³-hybridized carbons (Fsp3) is 0.368. The number of nitrogens with one attached hydrogen (secondary N) is 1. The van der Waals surface area contributed by atoms with Gasteiger partial charge < -0.3 is 10.2 Å². The van der Waals surface area contributed by atoms with E-state index in [1.54, 1.807) is 18.2 Å². The van der Waals surface area contributed by atoms with Gasteiger partial charge in [-0.1, -0.05) is 30.8 Å². The third-order valence-corrected chi connectivity index (χ3v) is 5.38. The highest BCUT2D eigenvalue weighted by Crippen LogP contribution is 2.20. The van der Waals surface area contributed by atoms with Gasteiger partial charge in [-0.3, -0.25) is 9.59 Å². The van der Waals surface area contributed by atoms with Gasteiger partial charge in [0.05, 0.1) is 11.3 Å². The molecule has 27 heavy (non-hydrogen) atoms. The molecule has 0 spiro atoms. The van der Waals surface area contributed by atoms with Crippen molar-refractivity contribution in [1.82, 2.24) is 15.1 Å². The Morgan fingerprint density at radius 2 is 1.93 bits per heavy atom. The van der Waals surface area contributed by atoms with Gasteiger partial charge in [-0.05, 0) is 43.0 Å². The van der Waals surface area contributed by atoms with Crippen molar-refractivity contribution < 1.29 is 14.0 Å². The van der Waals surface area contributed by atoms with Crippen LogP contribution in [0, 0.1) is 11.7 Å². The summed E-state index contributed by atoms with van der Waals surface area (Å²) in [5.74, 6) is 0.136. The van der Waals surface area contributed by atoms with E-state index in [-0.39, 0.29) is 17.3 Å². The van der Waals surface area contributed by atoms with E-state index >= 15 is 0 Å². The smallest absolute Gasteiger partial charge is 0.259 e. The molecule has 0 bridgehead atoms. The number of piperidine rings is 1. The lowest BCUT2D eigenvalue weighted by Crippen LogP contribution is -2.38. The van der Waals surface area contributed by atoms with E-state index in [9.17, 15) is 14.0 Å². The Morgan fingerprint density at radius 3 is 2.59 bits per heavy atom. The summed E-state index contributed by atoms with van der Waals surface area (Å²) in [6.07, 6.45) is 2.10. The molecule has 142 valence electrons. The van der Waals surface area contributed by atoms with Gasteiger partial charge in [0, 0.05) is 13.1 Å². The number of halogens is 1. The van der Waals surface area contributed by atoms with E-state index < -0.39 is 11.7 Å². The normalized spacial score (nSPS) is 14.8. The molecule has 2 aromatic rings. The second-order valence-corrected chi connectivity index (χ2v) is 7.54. The van der Waals surface area contributed by atoms with Crippen molar-refractivity contribution in [3.8, 4) is 0 Å². The molecule has 1 fully saturated rings. The van der Waals surface area contributed by atoms with Crippen molar-refractivity contribution in [2.45, 2.75) is 24.8 Å². The van der Waals surface area contributed by atoms with Gasteiger partial charge in [-0.25, -0.2) is 4.39 Å². The van der Waals surface area contributed by atoms with Crippen LogP contribution < -0.4 is 5.32 Å². The summed E-state index contributed by atoms with van der Waals surface area (Å²) < 4.78 is 13.6. The summed E-state index contributed by atoms with van der Waals surface area (Å²) in [6.45, 7) is 3.83. The van der Waals surface area contributed by atoms with E-state index in [4.69, 9.17) is 0 Å². The molecule has 2 amide bonds. The molecule has 0 saturated carbocycles. The molecular formula is C19H21FN4O2S. The lowest BCUT2D eigenvalue weighted by atomic mass is 9.99. The Kier molecular flexibility index (Phi) is 6.39. The number of hydrogen-bond acceptors (Lipinski definition) is 5. The molecule has 0 aliphatic carbocycles. The summed E-state index contributed by atoms with van der Waals surface area (Å²) >= 11 is 1.31. The molecule has 1 aromatic carbocycles. The number of likely N-dealkylation sites (tertiary alicyclic amines) is 1. The highest BCUT2D eigenvalue weighted by molar-refractivity contribution is 7.99. The number of hydrogen-bond donors (Lipinski definition) is 1. The minimum Gasteiger partial charge on any atom is -0.342 e. The van der Waals surface area contributed by atoms with Gasteiger partial charge in [0.1, 0.15) is 10.8 Å². The van der Waals surface area contributed by atoms with Crippen LogP contribution in [0.15, 0.2) is 41.4 Å². The zero-order valence-electron chi connectivity index (χ0n) is 15.0. The zero-order chi connectivity index (χ0) is 19.2. The van der Waals surface area contributed by atoms with Crippen molar-refractivity contribution >= 4 is 29.4 Å². The van der Waals surface area contributed by atoms with E-state index in [1.807, 2.05) is 4.90 Å². The Labute approximate surface area is 161 Å². The van der Waals surface area contributed by atoms with Crippen LogP contribution in [0.4, 0.5) is 10.2 Å². The lowest BCUT2D eigenvalue weighted by molar-refractivity contribution is -0.129. The van der Waals surface area contributed by atoms with Crippen molar-refractivity contribution in [2.75, 3.05) is 24.2 Å². The van der Waals surface area contributed by atoms with Gasteiger partial charge in [0.15, 0.2) is 5.82 Å². The van der Waals surface area contributed by atoms with E-state index in [2.05, 4.69) is 22.4 Å². The van der Waals surface area contributed by atoms with Gasteiger partial charge in [-0.2, -0.15) is 0 Å². The predicted octanol–water partition coefficient (Wildman–Crippen LogP) is 3.22. The third-order valence-electron chi connectivity index (χ3n) is 4.48. The largest absolute Gasteiger partial charge is 0.342 e. The van der Waals surface area contributed by atoms with Crippen molar-refractivity contribution in [2.24, 2.45) is 5.92 Å². The number of aromatic nitrogens is 2. The van der Waals surface area contributed by atoms with Crippen LogP contribution in [0.5, 0.6) is 0 Å². The zero-order valence-corrected chi connectivity index (χ0v) is 15.8. The number of nitrogens with zero attached hydrogens (tertiary/aromatic N) is 3. The third kappa shape index (κ3) is 5.26. The monoisotopic (exact) mass is 388 g/mol. The molecule has 8 heteroatoms. The maximum absolute atomic E-state index is 13.6. The average Bonchev–Trinajstić information content (AvgIpc) is 2.68. The molecule has 1 saturated heterocycles. The summed E-state index contributed by atoms with van der Waals surface area (Å²) in [5.41, 5.74) is -0.0563. The Hall–Kier alpha value is -2.48. The maximum Gasteiger partial charge on any atom is 0.259 e. The average molecular weight is 388 g/mol. The number of thioether (sulfide) groups is 1. The van der Waals surface area contributed by atoms with E-state index in [1.165, 1.54) is 30.0 Å². The Bertz CT molecular complexity index is 808. The van der Waals surface area contributed by atoms with Crippen LogP contribution in [0.2, 0.25) is 0 Å². The van der Waals surface area contributed by atoms with Crippen LogP contribution in [-0.4, -0.2) is 45.8 Å². The van der Waals surface area contributed by atoms with Gasteiger partial charge in [0.25, 0.3) is 5.91 Å². The van der Waals surface area contributed by atoms with Crippen LogP contribution in [0.3, 0.4) is 0 Å². The number of benzene rings is 1. The van der Waals surface area contributed by atoms with Crippen LogP contribution >= 0.6 is 11.8 Å². The van der Waals surface area contributed by atoms with Crippen LogP contribution in [-0.2, 0) is 4.79 Å². The quantitative estimate of drug-likeness (QED) is 0.796. The molecular weight excluding hydrogens is 367 g/mol. The second kappa shape index (κ2) is 8.94. The summed E-state index contributed by atoms with van der Waals surface area (Å²) in [5, 5.41) is 11.0. The number of anilines is 1. The number of carbonyl (C=O) groups excluding carboxylic acids is 2. The van der Waals surface area contributed by atoms with Crippen molar-refractivity contribution in [3.05, 3.63) is 47.8 Å². The van der Waals surface area contributed by atoms with Crippen molar-refractivity contribution in [3.63, 3.8) is 0 Å². The molecule has 0 atom stereocenters. The van der Waals surface area contributed by atoms with Gasteiger partial charge in [0.2, 0.25) is 5.91 Å². The molecule has 6 nitrogen and oxygen atoms in total. The topological polar surface area (TPSA) is 75.2 Å². The van der Waals surface area contributed by atoms with E-state index in [0.717, 1.165) is 25.9 Å². The molecule has 1 aliphatic heterocycles. The van der Waals surface area contributed by atoms with Crippen molar-refractivity contribution in [1.29, 1.82) is 0 Å². The molecule has 0 unspecified atom stereocenters. The van der Waals surface area contributed by atoms with Crippen LogP contribution in [0.1, 0.15) is 30.1 Å². The first-order valence-corrected chi connectivity index (χ1v) is 9.81. The first-order chi connectivity index (χ1) is 13.0. The minimum atomic E-state index is -0.597. The predicted molar refractivity (Wildman–Crippen MR) is 102 cm³/mol. The molecule has 1 aliphatic rings. The molecule has 1 aromatic heterocycles. The van der Waals surface area contributed by atoms with E-state index in [0.29, 0.717) is 16.7 Å². The molecule has 3 rings (SSSR count). The molecule has 1 N–H and O–H groups in total. The molecule has 0 radical (unpaired) electrons. The maximum atomic E-state index is 13.6. The number of rotatable bonds is 5. The highest BCUT2D eigenvalue weighted by Gasteiger charge is 2.20. The second-order valence-electron chi connectivity index (χ2n) is 6.54. The standard InChI is InChI=1S/C19H21FN4O2S/c1-13-8-10-24(11-9-13)18(25)12-27-17-7-6-16(22-23-17)21-19(26)14-4-2-3-5-15(14)20/h2-7,13H,8-12H2,1H3,(H,21,22,26). The molecule has 2 heterocycles. The van der Waals surface area contributed by atoms with Gasteiger partial charge in [-0.15, -0.1) is 10.2 Å². The Balaban J connectivity index is 1.51. The Morgan fingerprint density at radius 1 is 1.19 bits per heavy atom. The fourth-order valence-electron chi connectivity index (χ4n) is 2.78. The number of amides is 2. The minimum absolute atomic E-state index is 0.0563. The SMILES string of the molecule is CC1CCN(C(=O)CSc2ccc(NC(=O)c3ccccc3F)nn2)CC1. The lowest BCUT2D eigenvalue weighted by Gasteiger charge is -2.30. The number of carbonyl (C=O) groups is 2. The first-order valence-electron chi connectivity index (χ1n) is 8.83. The highest BCUT2D eigenvalue weighted by atomic mass is 32.2. The fourth-order valence-corrected chi connectivity index (χ4v) is 3.49. The summed E-state index contributed by atoms with van der Waals surface area (Å²) in [7, 11) is 0. The van der Waals surface area contributed by atoms with Gasteiger partial charge >= 0.3 is 0 Å².